The minimum atomic E-state index is -0.615. The van der Waals surface area contributed by atoms with Gasteiger partial charge in [-0.3, -0.25) is 4.79 Å². The van der Waals surface area contributed by atoms with Crippen molar-refractivity contribution in [2.45, 2.75) is 77.9 Å². The number of nitriles is 1. The largest absolute Gasteiger partial charge is 0.480 e. The maximum Gasteiger partial charge on any atom is 0.407 e. The minimum absolute atomic E-state index is 0.121. The highest BCUT2D eigenvalue weighted by molar-refractivity contribution is 9.10. The lowest BCUT2D eigenvalue weighted by Gasteiger charge is -2.24. The molecule has 1 amide bonds. The Morgan fingerprint density at radius 3 is 2.55 bits per heavy atom. The Kier molecular flexibility index (Phi) is 10.4. The summed E-state index contributed by atoms with van der Waals surface area (Å²) in [5.74, 6) is -0.618. The van der Waals surface area contributed by atoms with Crippen LogP contribution >= 0.6 is 15.9 Å². The van der Waals surface area contributed by atoms with Crippen LogP contribution in [0.25, 0.3) is 21.8 Å². The maximum atomic E-state index is 15.7. The molecule has 0 aliphatic rings. The number of methoxy groups -OCH3 is 2. The number of halogens is 2. The standard InChI is InChI=1S/C29H36BrFN4O5/c1-7-18(12-14-33-28(37)40-29(2,3)4)35-19(10-11-22(36)38-5)16-21-26(35)20-15-17(9-8-13-32)23(30)24(31)25(20)34-27(21)39-6/h15-16,18H,7-12,14H2,1-6H3,(H,33,37). The molecule has 2 heterocycles. The Balaban J connectivity index is 2.21. The summed E-state index contributed by atoms with van der Waals surface area (Å²) in [7, 11) is 2.83. The Morgan fingerprint density at radius 1 is 1.23 bits per heavy atom. The molecule has 0 saturated carbocycles. The summed E-state index contributed by atoms with van der Waals surface area (Å²) >= 11 is 3.35. The van der Waals surface area contributed by atoms with Gasteiger partial charge in [0.25, 0.3) is 0 Å². The van der Waals surface area contributed by atoms with Crippen LogP contribution in [-0.4, -0.2) is 48.0 Å². The van der Waals surface area contributed by atoms with Crippen molar-refractivity contribution in [3.05, 3.63) is 33.7 Å². The van der Waals surface area contributed by atoms with Gasteiger partial charge in [-0.2, -0.15) is 5.26 Å². The number of pyridine rings is 1. The first-order chi connectivity index (χ1) is 18.9. The van der Waals surface area contributed by atoms with Crippen LogP contribution in [0.15, 0.2) is 16.6 Å². The van der Waals surface area contributed by atoms with E-state index in [1.54, 1.807) is 20.8 Å². The van der Waals surface area contributed by atoms with Gasteiger partial charge in [-0.15, -0.1) is 0 Å². The fourth-order valence-corrected chi connectivity index (χ4v) is 5.28. The average Bonchev–Trinajstić information content (AvgIpc) is 3.29. The molecule has 3 rings (SSSR count). The summed E-state index contributed by atoms with van der Waals surface area (Å²) in [6.45, 7) is 7.78. The molecule has 11 heteroatoms. The minimum Gasteiger partial charge on any atom is -0.480 e. The molecule has 40 heavy (non-hydrogen) atoms. The van der Waals surface area contributed by atoms with E-state index in [9.17, 15) is 9.59 Å². The molecule has 0 spiro atoms. The third kappa shape index (κ3) is 7.02. The fraction of sp³-hybridized carbons (Fsp3) is 0.517. The number of benzene rings is 1. The Labute approximate surface area is 242 Å². The molecule has 0 aliphatic carbocycles. The molecule has 0 radical (unpaired) electrons. The van der Waals surface area contributed by atoms with E-state index >= 15 is 4.39 Å². The van der Waals surface area contributed by atoms with Crippen molar-refractivity contribution < 1.29 is 28.2 Å². The molecule has 2 aromatic heterocycles. The summed E-state index contributed by atoms with van der Waals surface area (Å²) in [4.78, 5) is 28.8. The normalized spacial score (nSPS) is 12.3. The topological polar surface area (TPSA) is 115 Å². The van der Waals surface area contributed by atoms with Crippen LogP contribution < -0.4 is 10.1 Å². The molecule has 1 unspecified atom stereocenters. The number of hydrogen-bond acceptors (Lipinski definition) is 7. The van der Waals surface area contributed by atoms with Gasteiger partial charge < -0.3 is 24.1 Å². The molecule has 216 valence electrons. The third-order valence-electron chi connectivity index (χ3n) is 6.57. The van der Waals surface area contributed by atoms with E-state index in [1.807, 2.05) is 19.1 Å². The number of hydrogen-bond donors (Lipinski definition) is 1. The Morgan fingerprint density at radius 2 is 1.95 bits per heavy atom. The van der Waals surface area contributed by atoms with Crippen molar-refractivity contribution in [2.75, 3.05) is 20.8 Å². The summed E-state index contributed by atoms with van der Waals surface area (Å²) in [5.41, 5.74) is 1.73. The van der Waals surface area contributed by atoms with E-state index in [2.05, 4.69) is 36.9 Å². The summed E-state index contributed by atoms with van der Waals surface area (Å²) in [6.07, 6.45) is 1.87. The average molecular weight is 620 g/mol. The second-order valence-corrected chi connectivity index (χ2v) is 11.3. The molecule has 0 bridgehead atoms. The van der Waals surface area contributed by atoms with Crippen molar-refractivity contribution in [2.24, 2.45) is 0 Å². The summed E-state index contributed by atoms with van der Waals surface area (Å²) in [5, 5.41) is 13.2. The Bertz CT molecular complexity index is 1440. The molecule has 0 fully saturated rings. The lowest BCUT2D eigenvalue weighted by Crippen LogP contribution is -2.33. The Hall–Kier alpha value is -3.39. The number of esters is 1. The maximum absolute atomic E-state index is 15.7. The van der Waals surface area contributed by atoms with Gasteiger partial charge in [-0.1, -0.05) is 6.92 Å². The highest BCUT2D eigenvalue weighted by Crippen LogP contribution is 2.40. The summed E-state index contributed by atoms with van der Waals surface area (Å²) in [6, 6.07) is 5.78. The molecule has 9 nitrogen and oxygen atoms in total. The monoisotopic (exact) mass is 618 g/mol. The van der Waals surface area contributed by atoms with Crippen LogP contribution in [0.5, 0.6) is 5.88 Å². The number of amides is 1. The lowest BCUT2D eigenvalue weighted by molar-refractivity contribution is -0.140. The second kappa shape index (κ2) is 13.3. The van der Waals surface area contributed by atoms with Crippen LogP contribution in [-0.2, 0) is 27.1 Å². The quantitative estimate of drug-likeness (QED) is 0.243. The zero-order valence-electron chi connectivity index (χ0n) is 23.8. The SMILES string of the molecule is CCC(CCNC(=O)OC(C)(C)C)n1c(CCC(=O)OC)cc2c(OC)nc3c(F)c(Br)c(CCC#N)cc3c21. The van der Waals surface area contributed by atoms with Crippen LogP contribution in [0.3, 0.4) is 0 Å². The highest BCUT2D eigenvalue weighted by Gasteiger charge is 2.25. The van der Waals surface area contributed by atoms with Gasteiger partial charge in [0.05, 0.1) is 42.1 Å². The molecular formula is C29H36BrFN4O5. The number of ether oxygens (including phenoxy) is 3. The molecule has 1 aromatic carbocycles. The number of nitrogens with zero attached hydrogens (tertiary/aromatic N) is 3. The number of fused-ring (bicyclic) bond motifs is 3. The molecule has 0 saturated heterocycles. The fourth-order valence-electron chi connectivity index (χ4n) is 4.78. The molecule has 1 N–H and O–H groups in total. The number of aryl methyl sites for hydroxylation is 2. The van der Waals surface area contributed by atoms with Crippen molar-refractivity contribution in [3.8, 4) is 11.9 Å². The zero-order chi connectivity index (χ0) is 29.6. The molecule has 3 aromatic rings. The van der Waals surface area contributed by atoms with E-state index in [4.69, 9.17) is 19.5 Å². The predicted octanol–water partition coefficient (Wildman–Crippen LogP) is 6.53. The van der Waals surface area contributed by atoms with Crippen LogP contribution in [0.2, 0.25) is 0 Å². The second-order valence-electron chi connectivity index (χ2n) is 10.5. The number of aromatic nitrogens is 2. The molecule has 0 aliphatic heterocycles. The lowest BCUT2D eigenvalue weighted by atomic mass is 10.0. The van der Waals surface area contributed by atoms with Crippen molar-refractivity contribution >= 4 is 49.8 Å². The van der Waals surface area contributed by atoms with Gasteiger partial charge in [0.2, 0.25) is 5.88 Å². The van der Waals surface area contributed by atoms with Gasteiger partial charge in [-0.25, -0.2) is 14.2 Å². The number of nitrogens with one attached hydrogen (secondary N) is 1. The van der Waals surface area contributed by atoms with Crippen molar-refractivity contribution in [3.63, 3.8) is 0 Å². The molecule has 1 atom stereocenters. The first-order valence-corrected chi connectivity index (χ1v) is 14.0. The smallest absolute Gasteiger partial charge is 0.407 e. The van der Waals surface area contributed by atoms with Gasteiger partial charge in [0, 0.05) is 30.1 Å². The summed E-state index contributed by atoms with van der Waals surface area (Å²) < 4.78 is 33.9. The van der Waals surface area contributed by atoms with Crippen LogP contribution in [0.4, 0.5) is 9.18 Å². The number of alkyl carbamates (subject to hydrolysis) is 1. The van der Waals surface area contributed by atoms with Crippen molar-refractivity contribution in [1.29, 1.82) is 5.26 Å². The van der Waals surface area contributed by atoms with Gasteiger partial charge in [0.1, 0.15) is 11.1 Å². The number of rotatable bonds is 11. The molecular weight excluding hydrogens is 583 g/mol. The van der Waals surface area contributed by atoms with E-state index in [-0.39, 0.29) is 40.7 Å². The number of carbonyl (C=O) groups excluding carboxylic acids is 2. The van der Waals surface area contributed by atoms with Gasteiger partial charge in [0.15, 0.2) is 5.82 Å². The van der Waals surface area contributed by atoms with Crippen LogP contribution in [0, 0.1) is 17.1 Å². The first kappa shape index (κ1) is 31.1. The van der Waals surface area contributed by atoms with Crippen LogP contribution in [0.1, 0.15) is 70.7 Å². The highest BCUT2D eigenvalue weighted by atomic mass is 79.9. The van der Waals surface area contributed by atoms with E-state index in [0.717, 1.165) is 11.2 Å². The zero-order valence-corrected chi connectivity index (χ0v) is 25.4. The number of carbonyl (C=O) groups is 2. The first-order valence-electron chi connectivity index (χ1n) is 13.2. The van der Waals surface area contributed by atoms with E-state index in [0.29, 0.717) is 48.6 Å². The van der Waals surface area contributed by atoms with E-state index < -0.39 is 17.5 Å². The predicted molar refractivity (Wildman–Crippen MR) is 154 cm³/mol. The third-order valence-corrected chi connectivity index (χ3v) is 7.42. The van der Waals surface area contributed by atoms with Gasteiger partial charge >= 0.3 is 12.1 Å². The van der Waals surface area contributed by atoms with E-state index in [1.165, 1.54) is 14.2 Å². The van der Waals surface area contributed by atoms with Gasteiger partial charge in [-0.05, 0) is 80.1 Å². The van der Waals surface area contributed by atoms with Crippen molar-refractivity contribution in [1.82, 2.24) is 14.9 Å².